The van der Waals surface area contributed by atoms with Crippen molar-refractivity contribution in [1.29, 1.82) is 0 Å². The molecule has 0 saturated carbocycles. The van der Waals surface area contributed by atoms with Crippen LogP contribution in [0.1, 0.15) is 13.8 Å². The number of aromatic nitrogens is 2. The molecular weight excluding hydrogens is 282 g/mol. The largest absolute Gasteiger partial charge is 0.352 e. The summed E-state index contributed by atoms with van der Waals surface area (Å²) in [6.07, 6.45) is 1.84. The number of hydrogen-bond donors (Lipinski definition) is 1. The van der Waals surface area contributed by atoms with E-state index < -0.39 is 0 Å². The van der Waals surface area contributed by atoms with E-state index in [-0.39, 0.29) is 24.1 Å². The van der Waals surface area contributed by atoms with Crippen LogP contribution in [-0.2, 0) is 11.3 Å². The van der Waals surface area contributed by atoms with Gasteiger partial charge >= 0.3 is 0 Å². The number of rotatable bonds is 4. The van der Waals surface area contributed by atoms with Crippen LogP contribution < -0.4 is 10.9 Å². The fraction of sp³-hybridized carbons (Fsp3) is 0.417. The summed E-state index contributed by atoms with van der Waals surface area (Å²) in [5, 5.41) is 5.18. The zero-order valence-corrected chi connectivity index (χ0v) is 12.6. The number of nitrogens with zero attached hydrogens (tertiary/aromatic N) is 2. The Kier molecular flexibility index (Phi) is 4.26. The number of carbonyl (C=O) groups is 1. The third-order valence-electron chi connectivity index (χ3n) is 2.46. The second-order valence-electron chi connectivity index (χ2n) is 4.35. The molecule has 102 valence electrons. The van der Waals surface area contributed by atoms with E-state index in [4.69, 9.17) is 0 Å². The van der Waals surface area contributed by atoms with Crippen molar-refractivity contribution in [2.75, 3.05) is 6.26 Å². The van der Waals surface area contributed by atoms with Crippen molar-refractivity contribution in [2.24, 2.45) is 0 Å². The SMILES string of the molecule is CSc1nc2ccsc2c(=O)n1CC(=O)NC(C)C. The summed E-state index contributed by atoms with van der Waals surface area (Å²) >= 11 is 2.72. The maximum absolute atomic E-state index is 12.3. The average molecular weight is 297 g/mol. The summed E-state index contributed by atoms with van der Waals surface area (Å²) in [7, 11) is 0. The first-order valence-corrected chi connectivity index (χ1v) is 7.94. The summed E-state index contributed by atoms with van der Waals surface area (Å²) in [5.74, 6) is -0.176. The molecule has 1 amide bonds. The Hall–Kier alpha value is -1.34. The Bertz CT molecular complexity index is 661. The molecule has 0 spiro atoms. The van der Waals surface area contributed by atoms with Crippen LogP contribution in [0.5, 0.6) is 0 Å². The van der Waals surface area contributed by atoms with Crippen LogP contribution in [0.4, 0.5) is 0 Å². The number of fused-ring (bicyclic) bond motifs is 1. The Labute approximate surface area is 119 Å². The minimum Gasteiger partial charge on any atom is -0.352 e. The van der Waals surface area contributed by atoms with Gasteiger partial charge in [0.1, 0.15) is 11.2 Å². The first-order chi connectivity index (χ1) is 9.02. The molecule has 2 rings (SSSR count). The Morgan fingerprint density at radius 1 is 1.58 bits per heavy atom. The van der Waals surface area contributed by atoms with Crippen LogP contribution in [0.3, 0.4) is 0 Å². The van der Waals surface area contributed by atoms with Gasteiger partial charge in [0.2, 0.25) is 5.91 Å². The predicted octanol–water partition coefficient (Wildman–Crippen LogP) is 1.70. The molecule has 0 bridgehead atoms. The first kappa shape index (κ1) is 14.1. The van der Waals surface area contributed by atoms with Gasteiger partial charge in [-0.2, -0.15) is 0 Å². The van der Waals surface area contributed by atoms with Gasteiger partial charge in [-0.1, -0.05) is 11.8 Å². The highest BCUT2D eigenvalue weighted by atomic mass is 32.2. The van der Waals surface area contributed by atoms with Crippen LogP contribution in [0, 0.1) is 0 Å². The molecule has 0 unspecified atom stereocenters. The lowest BCUT2D eigenvalue weighted by Crippen LogP contribution is -2.36. The summed E-state index contributed by atoms with van der Waals surface area (Å²) in [5.41, 5.74) is 0.545. The quantitative estimate of drug-likeness (QED) is 0.689. The average Bonchev–Trinajstić information content (AvgIpc) is 2.79. The van der Waals surface area contributed by atoms with Crippen molar-refractivity contribution in [3.63, 3.8) is 0 Å². The molecule has 1 N–H and O–H groups in total. The van der Waals surface area contributed by atoms with E-state index in [1.165, 1.54) is 27.7 Å². The number of thioether (sulfide) groups is 1. The van der Waals surface area contributed by atoms with E-state index in [1.807, 2.05) is 31.5 Å². The maximum Gasteiger partial charge on any atom is 0.272 e. The highest BCUT2D eigenvalue weighted by molar-refractivity contribution is 7.98. The van der Waals surface area contributed by atoms with E-state index in [1.54, 1.807) is 0 Å². The first-order valence-electron chi connectivity index (χ1n) is 5.84. The molecule has 2 aromatic heterocycles. The van der Waals surface area contributed by atoms with Crippen molar-refractivity contribution >= 4 is 39.2 Å². The van der Waals surface area contributed by atoms with Gasteiger partial charge in [-0.25, -0.2) is 4.98 Å². The molecule has 0 aromatic carbocycles. The molecular formula is C12H15N3O2S2. The Morgan fingerprint density at radius 2 is 2.32 bits per heavy atom. The summed E-state index contributed by atoms with van der Waals surface area (Å²) < 4.78 is 2.02. The van der Waals surface area contributed by atoms with Gasteiger partial charge in [-0.3, -0.25) is 14.2 Å². The lowest BCUT2D eigenvalue weighted by molar-refractivity contribution is -0.122. The summed E-state index contributed by atoms with van der Waals surface area (Å²) in [4.78, 5) is 28.5. The van der Waals surface area contributed by atoms with Crippen molar-refractivity contribution in [3.05, 3.63) is 21.8 Å². The fourth-order valence-electron chi connectivity index (χ4n) is 1.73. The topological polar surface area (TPSA) is 64.0 Å². The van der Waals surface area contributed by atoms with Crippen LogP contribution >= 0.6 is 23.1 Å². The van der Waals surface area contributed by atoms with Gasteiger partial charge in [0, 0.05) is 6.04 Å². The van der Waals surface area contributed by atoms with Crippen LogP contribution in [0.2, 0.25) is 0 Å². The highest BCUT2D eigenvalue weighted by Crippen LogP contribution is 2.18. The molecule has 2 heterocycles. The molecule has 0 saturated heterocycles. The number of hydrogen-bond acceptors (Lipinski definition) is 5. The third-order valence-corrected chi connectivity index (χ3v) is 4.03. The van der Waals surface area contributed by atoms with E-state index in [0.717, 1.165) is 0 Å². The van der Waals surface area contributed by atoms with E-state index in [2.05, 4.69) is 10.3 Å². The minimum absolute atomic E-state index is 0.00796. The zero-order chi connectivity index (χ0) is 14.0. The number of thiophene rings is 1. The minimum atomic E-state index is -0.176. The standard InChI is InChI=1S/C12H15N3O2S2/c1-7(2)13-9(16)6-15-11(17)10-8(4-5-19-10)14-12(15)18-3/h4-5,7H,6H2,1-3H3,(H,13,16). The number of carbonyl (C=O) groups excluding carboxylic acids is 1. The second kappa shape index (κ2) is 5.75. The lowest BCUT2D eigenvalue weighted by atomic mass is 10.4. The molecule has 0 atom stereocenters. The monoisotopic (exact) mass is 297 g/mol. The molecule has 0 radical (unpaired) electrons. The van der Waals surface area contributed by atoms with Crippen molar-refractivity contribution in [1.82, 2.24) is 14.9 Å². The van der Waals surface area contributed by atoms with Gasteiger partial charge < -0.3 is 5.32 Å². The van der Waals surface area contributed by atoms with Gasteiger partial charge in [-0.15, -0.1) is 11.3 Å². The van der Waals surface area contributed by atoms with Crippen molar-refractivity contribution < 1.29 is 4.79 Å². The Balaban J connectivity index is 2.43. The number of amides is 1. The third kappa shape index (κ3) is 2.98. The zero-order valence-electron chi connectivity index (χ0n) is 11.0. The molecule has 2 aromatic rings. The molecule has 0 fully saturated rings. The summed E-state index contributed by atoms with van der Waals surface area (Å²) in [6, 6.07) is 1.87. The van der Waals surface area contributed by atoms with Crippen LogP contribution in [-0.4, -0.2) is 27.8 Å². The Morgan fingerprint density at radius 3 is 2.95 bits per heavy atom. The lowest BCUT2D eigenvalue weighted by Gasteiger charge is -2.12. The maximum atomic E-state index is 12.3. The molecule has 5 nitrogen and oxygen atoms in total. The van der Waals surface area contributed by atoms with Gasteiger partial charge in [0.05, 0.1) is 5.52 Å². The number of nitrogens with one attached hydrogen (secondary N) is 1. The molecule has 0 aliphatic heterocycles. The van der Waals surface area contributed by atoms with Crippen LogP contribution in [0.25, 0.3) is 10.2 Å². The molecule has 0 aliphatic rings. The van der Waals surface area contributed by atoms with E-state index in [0.29, 0.717) is 15.4 Å². The van der Waals surface area contributed by atoms with Gasteiger partial charge in [0.15, 0.2) is 5.16 Å². The van der Waals surface area contributed by atoms with Gasteiger partial charge in [-0.05, 0) is 31.5 Å². The van der Waals surface area contributed by atoms with E-state index >= 15 is 0 Å². The van der Waals surface area contributed by atoms with Crippen molar-refractivity contribution in [2.45, 2.75) is 31.6 Å². The highest BCUT2D eigenvalue weighted by Gasteiger charge is 2.14. The smallest absolute Gasteiger partial charge is 0.272 e. The molecule has 0 aliphatic carbocycles. The normalized spacial score (nSPS) is 11.2. The predicted molar refractivity (Wildman–Crippen MR) is 78.9 cm³/mol. The molecule has 19 heavy (non-hydrogen) atoms. The summed E-state index contributed by atoms with van der Waals surface area (Å²) in [6.45, 7) is 3.78. The fourth-order valence-corrected chi connectivity index (χ4v) is 3.07. The second-order valence-corrected chi connectivity index (χ2v) is 6.04. The van der Waals surface area contributed by atoms with Crippen molar-refractivity contribution in [3.8, 4) is 0 Å². The van der Waals surface area contributed by atoms with Crippen LogP contribution in [0.15, 0.2) is 21.4 Å². The van der Waals surface area contributed by atoms with Gasteiger partial charge in [0.25, 0.3) is 5.56 Å². The molecule has 7 heteroatoms. The van der Waals surface area contributed by atoms with E-state index in [9.17, 15) is 9.59 Å².